The van der Waals surface area contributed by atoms with E-state index in [4.69, 9.17) is 0 Å². The molecule has 0 bridgehead atoms. The molecular weight excluding hydrogens is 303 g/mol. The Morgan fingerprint density at radius 3 is 2.62 bits per heavy atom. The van der Waals surface area contributed by atoms with E-state index in [9.17, 15) is 9.50 Å². The Morgan fingerprint density at radius 2 is 2.08 bits per heavy atom. The van der Waals surface area contributed by atoms with Crippen LogP contribution in [0.25, 0.3) is 0 Å². The summed E-state index contributed by atoms with van der Waals surface area (Å²) in [4.78, 5) is -0.170. The Labute approximate surface area is 93.2 Å². The van der Waals surface area contributed by atoms with Crippen molar-refractivity contribution in [3.8, 4) is 0 Å². The van der Waals surface area contributed by atoms with Crippen molar-refractivity contribution in [2.24, 2.45) is 0 Å². The van der Waals surface area contributed by atoms with Gasteiger partial charge in [-0.1, -0.05) is 31.9 Å². The molecule has 4 heteroatoms. The van der Waals surface area contributed by atoms with Gasteiger partial charge in [0.2, 0.25) is 0 Å². The van der Waals surface area contributed by atoms with E-state index in [1.165, 1.54) is 6.07 Å². The van der Waals surface area contributed by atoms with Crippen LogP contribution in [0.15, 0.2) is 22.7 Å². The molecule has 72 valence electrons. The molecule has 0 spiro atoms. The first-order chi connectivity index (χ1) is 6.02. The van der Waals surface area contributed by atoms with Crippen LogP contribution in [0, 0.1) is 5.82 Å². The second-order valence-electron chi connectivity index (χ2n) is 2.79. The summed E-state index contributed by atoms with van der Waals surface area (Å²) in [6.07, 6.45) is -0.822. The molecule has 1 rings (SSSR count). The van der Waals surface area contributed by atoms with Crippen LogP contribution in [0.5, 0.6) is 0 Å². The van der Waals surface area contributed by atoms with E-state index in [1.54, 1.807) is 19.1 Å². The molecule has 0 aliphatic heterocycles. The Bertz CT molecular complexity index is 302. The number of alkyl halides is 1. The third-order valence-corrected chi connectivity index (χ3v) is 2.71. The van der Waals surface area contributed by atoms with Gasteiger partial charge < -0.3 is 5.11 Å². The molecule has 1 aromatic carbocycles. The molecule has 0 heterocycles. The molecular formula is C9H9Br2FO. The highest BCUT2D eigenvalue weighted by Gasteiger charge is 2.17. The van der Waals surface area contributed by atoms with Crippen molar-refractivity contribution in [1.29, 1.82) is 0 Å². The second-order valence-corrected chi connectivity index (χ2v) is 5.15. The van der Waals surface area contributed by atoms with Gasteiger partial charge in [0.25, 0.3) is 0 Å². The van der Waals surface area contributed by atoms with Gasteiger partial charge in [-0.3, -0.25) is 0 Å². The molecule has 0 aromatic heterocycles. The van der Waals surface area contributed by atoms with Crippen molar-refractivity contribution in [2.45, 2.75) is 17.9 Å². The predicted molar refractivity (Wildman–Crippen MR) is 57.4 cm³/mol. The standard InChI is InChI=1S/C9H9Br2FO/c1-5(10)9(13)7-4-6(11)2-3-8(7)12/h2-5,9,13H,1H3. The zero-order valence-electron chi connectivity index (χ0n) is 6.97. The topological polar surface area (TPSA) is 20.2 Å². The molecule has 0 fully saturated rings. The maximum atomic E-state index is 13.2. The van der Waals surface area contributed by atoms with Crippen molar-refractivity contribution < 1.29 is 9.50 Å². The molecule has 0 amide bonds. The van der Waals surface area contributed by atoms with Crippen LogP contribution in [0.3, 0.4) is 0 Å². The van der Waals surface area contributed by atoms with Gasteiger partial charge >= 0.3 is 0 Å². The Balaban J connectivity index is 3.05. The largest absolute Gasteiger partial charge is 0.387 e. The minimum absolute atomic E-state index is 0.170. The zero-order valence-corrected chi connectivity index (χ0v) is 10.1. The molecule has 2 unspecified atom stereocenters. The Morgan fingerprint density at radius 1 is 1.46 bits per heavy atom. The van der Waals surface area contributed by atoms with Crippen LogP contribution < -0.4 is 0 Å². The molecule has 0 aliphatic rings. The van der Waals surface area contributed by atoms with Crippen LogP contribution in [0.1, 0.15) is 18.6 Å². The molecule has 0 saturated carbocycles. The lowest BCUT2D eigenvalue weighted by atomic mass is 10.1. The van der Waals surface area contributed by atoms with Crippen LogP contribution in [-0.2, 0) is 0 Å². The number of rotatable bonds is 2. The minimum atomic E-state index is -0.822. The lowest BCUT2D eigenvalue weighted by molar-refractivity contribution is 0.176. The summed E-state index contributed by atoms with van der Waals surface area (Å²) in [7, 11) is 0. The van der Waals surface area contributed by atoms with Gasteiger partial charge in [-0.15, -0.1) is 0 Å². The number of aliphatic hydroxyl groups is 1. The highest BCUT2D eigenvalue weighted by atomic mass is 79.9. The highest BCUT2D eigenvalue weighted by Crippen LogP contribution is 2.26. The maximum Gasteiger partial charge on any atom is 0.129 e. The Kier molecular flexibility index (Phi) is 3.88. The van der Waals surface area contributed by atoms with E-state index < -0.39 is 6.10 Å². The van der Waals surface area contributed by atoms with Crippen molar-refractivity contribution in [1.82, 2.24) is 0 Å². The number of benzene rings is 1. The van der Waals surface area contributed by atoms with E-state index >= 15 is 0 Å². The van der Waals surface area contributed by atoms with E-state index in [-0.39, 0.29) is 10.6 Å². The van der Waals surface area contributed by atoms with Crippen molar-refractivity contribution in [3.63, 3.8) is 0 Å². The summed E-state index contributed by atoms with van der Waals surface area (Å²) in [5.74, 6) is -0.387. The fourth-order valence-corrected chi connectivity index (χ4v) is 1.65. The van der Waals surface area contributed by atoms with Crippen molar-refractivity contribution >= 4 is 31.9 Å². The Hall–Kier alpha value is 0.0700. The predicted octanol–water partition coefficient (Wildman–Crippen LogP) is 3.41. The van der Waals surface area contributed by atoms with E-state index in [0.717, 1.165) is 4.47 Å². The molecule has 1 nitrogen and oxygen atoms in total. The maximum absolute atomic E-state index is 13.2. The summed E-state index contributed by atoms with van der Waals surface area (Å²) in [6.45, 7) is 1.77. The molecule has 0 saturated heterocycles. The van der Waals surface area contributed by atoms with Crippen molar-refractivity contribution in [2.75, 3.05) is 0 Å². The first-order valence-electron chi connectivity index (χ1n) is 3.79. The monoisotopic (exact) mass is 310 g/mol. The van der Waals surface area contributed by atoms with Gasteiger partial charge in [0.05, 0.1) is 6.10 Å². The number of halogens is 3. The third-order valence-electron chi connectivity index (χ3n) is 1.71. The molecule has 2 atom stereocenters. The summed E-state index contributed by atoms with van der Waals surface area (Å²) < 4.78 is 13.9. The fraction of sp³-hybridized carbons (Fsp3) is 0.333. The minimum Gasteiger partial charge on any atom is -0.387 e. The van der Waals surface area contributed by atoms with Crippen LogP contribution in [0.2, 0.25) is 0 Å². The van der Waals surface area contributed by atoms with Gasteiger partial charge in [-0.2, -0.15) is 0 Å². The average Bonchev–Trinajstić information content (AvgIpc) is 2.08. The second kappa shape index (κ2) is 4.53. The fourth-order valence-electron chi connectivity index (χ4n) is 0.989. The number of aliphatic hydroxyl groups excluding tert-OH is 1. The SMILES string of the molecule is CC(Br)C(O)c1cc(Br)ccc1F. The summed E-state index contributed by atoms with van der Waals surface area (Å²) >= 11 is 6.42. The van der Waals surface area contributed by atoms with Gasteiger partial charge in [0.1, 0.15) is 5.82 Å². The summed E-state index contributed by atoms with van der Waals surface area (Å²) in [6, 6.07) is 4.51. The molecule has 0 radical (unpaired) electrons. The summed E-state index contributed by atoms with van der Waals surface area (Å²) in [5, 5.41) is 9.60. The van der Waals surface area contributed by atoms with Gasteiger partial charge in [-0.25, -0.2) is 4.39 Å². The first-order valence-corrected chi connectivity index (χ1v) is 5.50. The van der Waals surface area contributed by atoms with Crippen molar-refractivity contribution in [3.05, 3.63) is 34.1 Å². The van der Waals surface area contributed by atoms with Crippen LogP contribution in [0.4, 0.5) is 4.39 Å². The molecule has 13 heavy (non-hydrogen) atoms. The number of hydrogen-bond donors (Lipinski definition) is 1. The molecule has 1 aromatic rings. The smallest absolute Gasteiger partial charge is 0.129 e. The van der Waals surface area contributed by atoms with E-state index in [1.807, 2.05) is 0 Å². The van der Waals surface area contributed by atoms with Gasteiger partial charge in [0.15, 0.2) is 0 Å². The molecule has 0 aliphatic carbocycles. The number of hydrogen-bond acceptors (Lipinski definition) is 1. The lowest BCUT2D eigenvalue weighted by Crippen LogP contribution is -2.09. The lowest BCUT2D eigenvalue weighted by Gasteiger charge is -2.14. The van der Waals surface area contributed by atoms with Gasteiger partial charge in [-0.05, 0) is 25.1 Å². The average molecular weight is 312 g/mol. The molecule has 1 N–H and O–H groups in total. The van der Waals surface area contributed by atoms with E-state index in [0.29, 0.717) is 5.56 Å². The zero-order chi connectivity index (χ0) is 10.0. The third kappa shape index (κ3) is 2.76. The van der Waals surface area contributed by atoms with Crippen LogP contribution in [-0.4, -0.2) is 9.93 Å². The van der Waals surface area contributed by atoms with Crippen LogP contribution >= 0.6 is 31.9 Å². The quantitative estimate of drug-likeness (QED) is 0.830. The van der Waals surface area contributed by atoms with Gasteiger partial charge in [0, 0.05) is 14.9 Å². The summed E-state index contributed by atoms with van der Waals surface area (Å²) in [5.41, 5.74) is 0.304. The normalized spacial score (nSPS) is 15.5. The van der Waals surface area contributed by atoms with E-state index in [2.05, 4.69) is 31.9 Å². The first kappa shape index (κ1) is 11.1. The highest BCUT2D eigenvalue weighted by molar-refractivity contribution is 9.10.